The number of methoxy groups -OCH3 is 1. The maximum Gasteiger partial charge on any atom is 0.191 e. The average Bonchev–Trinajstić information content (AvgIpc) is 2.43. The summed E-state index contributed by atoms with van der Waals surface area (Å²) >= 11 is 0. The summed E-state index contributed by atoms with van der Waals surface area (Å²) in [5, 5.41) is 6.66. The molecular weight excluding hydrogens is 240 g/mol. The molecule has 1 saturated heterocycles. The molecule has 112 valence electrons. The predicted molar refractivity (Wildman–Crippen MR) is 80.7 cm³/mol. The highest BCUT2D eigenvalue weighted by Crippen LogP contribution is 2.17. The van der Waals surface area contributed by atoms with Crippen LogP contribution in [0.3, 0.4) is 0 Å². The maximum atomic E-state index is 5.02. The van der Waals surface area contributed by atoms with Crippen LogP contribution < -0.4 is 10.6 Å². The molecule has 0 radical (unpaired) electrons. The summed E-state index contributed by atoms with van der Waals surface area (Å²) in [5.74, 6) is 1.59. The second-order valence-corrected chi connectivity index (χ2v) is 5.47. The highest BCUT2D eigenvalue weighted by Gasteiger charge is 2.21. The summed E-state index contributed by atoms with van der Waals surface area (Å²) in [5.41, 5.74) is 0. The quantitative estimate of drug-likeness (QED) is 0.428. The molecule has 1 aliphatic rings. The van der Waals surface area contributed by atoms with E-state index in [9.17, 15) is 0 Å². The molecule has 0 aromatic heterocycles. The number of ether oxygens (including phenoxy) is 1. The monoisotopic (exact) mass is 270 g/mol. The van der Waals surface area contributed by atoms with Crippen LogP contribution in [-0.4, -0.2) is 63.8 Å². The van der Waals surface area contributed by atoms with E-state index in [1.807, 2.05) is 7.05 Å². The number of likely N-dealkylation sites (tertiary alicyclic amines) is 1. The van der Waals surface area contributed by atoms with Crippen molar-refractivity contribution < 1.29 is 4.74 Å². The first-order valence-corrected chi connectivity index (χ1v) is 7.34. The standard InChI is InChI=1S/C14H30N4O/c1-12(2)18-8-5-6-13(11-18)10-17-14(15-3)16-7-9-19-4/h12-13H,5-11H2,1-4H3,(H2,15,16,17). The minimum atomic E-state index is 0.655. The van der Waals surface area contributed by atoms with E-state index >= 15 is 0 Å². The van der Waals surface area contributed by atoms with Gasteiger partial charge < -0.3 is 20.3 Å². The minimum absolute atomic E-state index is 0.655. The van der Waals surface area contributed by atoms with Crippen molar-refractivity contribution in [3.8, 4) is 0 Å². The van der Waals surface area contributed by atoms with E-state index in [0.29, 0.717) is 12.6 Å². The lowest BCUT2D eigenvalue weighted by Gasteiger charge is -2.35. The molecule has 1 aliphatic heterocycles. The summed E-state index contributed by atoms with van der Waals surface area (Å²) < 4.78 is 5.02. The number of hydrogen-bond donors (Lipinski definition) is 2. The number of hydrogen-bond acceptors (Lipinski definition) is 3. The van der Waals surface area contributed by atoms with Gasteiger partial charge in [0, 0.05) is 39.8 Å². The molecule has 0 aromatic rings. The number of guanidine groups is 1. The third kappa shape index (κ3) is 6.25. The van der Waals surface area contributed by atoms with Gasteiger partial charge in [0.15, 0.2) is 5.96 Å². The highest BCUT2D eigenvalue weighted by molar-refractivity contribution is 5.79. The molecule has 1 rings (SSSR count). The van der Waals surface area contributed by atoms with Gasteiger partial charge in [-0.3, -0.25) is 4.99 Å². The Morgan fingerprint density at radius 3 is 2.84 bits per heavy atom. The Hall–Kier alpha value is -0.810. The number of piperidine rings is 1. The SMILES string of the molecule is CN=C(NCCOC)NCC1CCCN(C(C)C)C1. The fourth-order valence-electron chi connectivity index (χ4n) is 2.47. The average molecular weight is 270 g/mol. The second-order valence-electron chi connectivity index (χ2n) is 5.47. The zero-order valence-electron chi connectivity index (χ0n) is 12.9. The van der Waals surface area contributed by atoms with E-state index in [0.717, 1.165) is 25.0 Å². The van der Waals surface area contributed by atoms with Crippen molar-refractivity contribution in [2.24, 2.45) is 10.9 Å². The Morgan fingerprint density at radius 2 is 2.21 bits per heavy atom. The molecule has 0 amide bonds. The Kier molecular flexibility index (Phi) is 7.82. The normalized spacial score (nSPS) is 21.7. The van der Waals surface area contributed by atoms with E-state index < -0.39 is 0 Å². The molecule has 0 aromatic carbocycles. The van der Waals surface area contributed by atoms with Crippen LogP contribution in [0.4, 0.5) is 0 Å². The molecule has 1 heterocycles. The zero-order valence-corrected chi connectivity index (χ0v) is 12.9. The molecule has 1 unspecified atom stereocenters. The van der Waals surface area contributed by atoms with Crippen LogP contribution in [0.1, 0.15) is 26.7 Å². The lowest BCUT2D eigenvalue weighted by molar-refractivity contribution is 0.141. The summed E-state index contributed by atoms with van der Waals surface area (Å²) in [6.45, 7) is 9.48. The van der Waals surface area contributed by atoms with Crippen LogP contribution in [0.5, 0.6) is 0 Å². The van der Waals surface area contributed by atoms with Crippen molar-refractivity contribution in [2.75, 3.05) is 46.9 Å². The van der Waals surface area contributed by atoms with Gasteiger partial charge in [-0.2, -0.15) is 0 Å². The van der Waals surface area contributed by atoms with Crippen LogP contribution in [0.2, 0.25) is 0 Å². The summed E-state index contributed by atoms with van der Waals surface area (Å²) in [6.07, 6.45) is 2.62. The van der Waals surface area contributed by atoms with E-state index in [2.05, 4.69) is 34.4 Å². The van der Waals surface area contributed by atoms with Crippen LogP contribution >= 0.6 is 0 Å². The lowest BCUT2D eigenvalue weighted by Crippen LogP contribution is -2.46. The fourth-order valence-corrected chi connectivity index (χ4v) is 2.47. The van der Waals surface area contributed by atoms with Gasteiger partial charge in [0.2, 0.25) is 0 Å². The van der Waals surface area contributed by atoms with Crippen molar-refractivity contribution >= 4 is 5.96 Å². The Morgan fingerprint density at radius 1 is 1.42 bits per heavy atom. The minimum Gasteiger partial charge on any atom is -0.383 e. The molecule has 5 heteroatoms. The molecule has 19 heavy (non-hydrogen) atoms. The van der Waals surface area contributed by atoms with Crippen molar-refractivity contribution in [3.05, 3.63) is 0 Å². The Bertz CT molecular complexity index is 268. The third-order valence-electron chi connectivity index (χ3n) is 3.66. The number of nitrogens with one attached hydrogen (secondary N) is 2. The first-order chi connectivity index (χ1) is 9.17. The highest BCUT2D eigenvalue weighted by atomic mass is 16.5. The molecule has 5 nitrogen and oxygen atoms in total. The van der Waals surface area contributed by atoms with Crippen molar-refractivity contribution in [1.82, 2.24) is 15.5 Å². The number of rotatable bonds is 6. The third-order valence-corrected chi connectivity index (χ3v) is 3.66. The zero-order chi connectivity index (χ0) is 14.1. The van der Waals surface area contributed by atoms with E-state index in [1.54, 1.807) is 7.11 Å². The first kappa shape index (κ1) is 16.2. The largest absolute Gasteiger partial charge is 0.383 e. The molecule has 0 saturated carbocycles. The molecule has 1 fully saturated rings. The van der Waals surface area contributed by atoms with Crippen LogP contribution in [-0.2, 0) is 4.74 Å². The van der Waals surface area contributed by atoms with Gasteiger partial charge >= 0.3 is 0 Å². The van der Waals surface area contributed by atoms with Crippen LogP contribution in [0.15, 0.2) is 4.99 Å². The summed E-state index contributed by atoms with van der Waals surface area (Å²) in [4.78, 5) is 6.79. The molecular formula is C14H30N4O. The second kappa shape index (κ2) is 9.15. The van der Waals surface area contributed by atoms with Gasteiger partial charge in [-0.15, -0.1) is 0 Å². The topological polar surface area (TPSA) is 48.9 Å². The van der Waals surface area contributed by atoms with Gasteiger partial charge in [-0.1, -0.05) is 0 Å². The van der Waals surface area contributed by atoms with Crippen LogP contribution in [0.25, 0.3) is 0 Å². The van der Waals surface area contributed by atoms with Gasteiger partial charge in [-0.05, 0) is 39.2 Å². The van der Waals surface area contributed by atoms with Gasteiger partial charge in [-0.25, -0.2) is 0 Å². The van der Waals surface area contributed by atoms with Crippen LogP contribution in [0, 0.1) is 5.92 Å². The maximum absolute atomic E-state index is 5.02. The molecule has 0 aliphatic carbocycles. The molecule has 1 atom stereocenters. The fraction of sp³-hybridized carbons (Fsp3) is 0.929. The van der Waals surface area contributed by atoms with E-state index in [-0.39, 0.29) is 0 Å². The summed E-state index contributed by atoms with van der Waals surface area (Å²) in [6, 6.07) is 0.655. The van der Waals surface area contributed by atoms with Gasteiger partial charge in [0.05, 0.1) is 6.61 Å². The van der Waals surface area contributed by atoms with E-state index in [4.69, 9.17) is 4.74 Å². The van der Waals surface area contributed by atoms with Gasteiger partial charge in [0.1, 0.15) is 0 Å². The molecule has 0 bridgehead atoms. The summed E-state index contributed by atoms with van der Waals surface area (Å²) in [7, 11) is 3.52. The number of nitrogens with zero attached hydrogens (tertiary/aromatic N) is 2. The predicted octanol–water partition coefficient (Wildman–Crippen LogP) is 0.918. The first-order valence-electron chi connectivity index (χ1n) is 7.34. The van der Waals surface area contributed by atoms with Crippen molar-refractivity contribution in [2.45, 2.75) is 32.7 Å². The van der Waals surface area contributed by atoms with Crippen molar-refractivity contribution in [3.63, 3.8) is 0 Å². The van der Waals surface area contributed by atoms with E-state index in [1.165, 1.54) is 25.9 Å². The smallest absolute Gasteiger partial charge is 0.191 e. The van der Waals surface area contributed by atoms with Crippen molar-refractivity contribution in [1.29, 1.82) is 0 Å². The Balaban J connectivity index is 2.26. The number of aliphatic imine (C=N–C) groups is 1. The molecule has 0 spiro atoms. The van der Waals surface area contributed by atoms with Gasteiger partial charge in [0.25, 0.3) is 0 Å². The lowest BCUT2D eigenvalue weighted by atomic mass is 9.97. The Labute approximate surface area is 117 Å². The molecule has 2 N–H and O–H groups in total.